The number of hydrogen-bond acceptors (Lipinski definition) is 8. The van der Waals surface area contributed by atoms with Crippen LogP contribution in [0.15, 0.2) is 97.1 Å². The summed E-state index contributed by atoms with van der Waals surface area (Å²) in [6, 6.07) is 24.3. The van der Waals surface area contributed by atoms with Crippen molar-refractivity contribution in [3.63, 3.8) is 0 Å². The van der Waals surface area contributed by atoms with E-state index in [-0.39, 0.29) is 46.1 Å². The van der Waals surface area contributed by atoms with E-state index in [2.05, 4.69) is 31.9 Å². The summed E-state index contributed by atoms with van der Waals surface area (Å²) in [6.45, 7) is 1.25. The third-order valence-corrected chi connectivity index (χ3v) is 7.65. The number of guanidine groups is 4. The van der Waals surface area contributed by atoms with Gasteiger partial charge in [-0.05, 0) is 97.8 Å². The largest absolute Gasteiger partial charge is 0.478 e. The number of aromatic carboxylic acids is 4. The average molecular weight is 838 g/mol. The van der Waals surface area contributed by atoms with Crippen molar-refractivity contribution >= 4 is 82.3 Å². The number of carbonyl (C=O) groups is 4. The van der Waals surface area contributed by atoms with Crippen molar-refractivity contribution in [2.24, 2.45) is 0 Å². The summed E-state index contributed by atoms with van der Waals surface area (Å²) < 4.78 is 0. The number of benzene rings is 4. The normalized spacial score (nSPS) is 9.76. The maximum atomic E-state index is 10.4. The highest BCUT2D eigenvalue weighted by Crippen LogP contribution is 2.14. The first-order chi connectivity index (χ1) is 27.5. The van der Waals surface area contributed by atoms with E-state index < -0.39 is 23.9 Å². The summed E-state index contributed by atoms with van der Waals surface area (Å²) in [7, 11) is 0. The van der Waals surface area contributed by atoms with Crippen LogP contribution in [0.4, 0.5) is 11.4 Å². The number of unbranched alkanes of at least 4 members (excludes halogenated alkanes) is 3. The van der Waals surface area contributed by atoms with Gasteiger partial charge in [0, 0.05) is 34.5 Å². The molecule has 18 nitrogen and oxygen atoms in total. The predicted octanol–water partition coefficient (Wildman–Crippen LogP) is 6.34. The standard InChI is InChI=1S/C22H30Cl2N10.2C8H6O4/c23-15-5-9-17(10-6-15)31-21(27)33-19(25)29-13-3-1-2-4-14-30-20(26)34-22(28)32-18-11-7-16(24)8-12-18;2*9-7(10)5-2-1-3-6(4-5)8(11)12/h5-12H,1-4,13-14H2,(H5,25,27,29,31,33)(H5,26,28,30,32,34);2*1-4H,(H,9,10)(H,11,12). The number of anilines is 2. The minimum atomic E-state index is -1.13. The first-order valence-electron chi connectivity index (χ1n) is 17.1. The molecule has 0 aliphatic heterocycles. The number of carboxylic acid groups (broad SMARTS) is 4. The molecule has 0 amide bonds. The van der Waals surface area contributed by atoms with E-state index in [0.29, 0.717) is 34.5 Å². The molecular weight excluding hydrogens is 795 g/mol. The Morgan fingerprint density at radius 3 is 1.02 bits per heavy atom. The van der Waals surface area contributed by atoms with Gasteiger partial charge in [-0.1, -0.05) is 48.2 Å². The zero-order valence-electron chi connectivity index (χ0n) is 30.7. The van der Waals surface area contributed by atoms with Crippen LogP contribution in [0.2, 0.25) is 10.0 Å². The molecule has 14 N–H and O–H groups in total. The van der Waals surface area contributed by atoms with Crippen LogP contribution < -0.4 is 31.9 Å². The van der Waals surface area contributed by atoms with E-state index in [9.17, 15) is 19.2 Å². The molecule has 20 heteroatoms. The van der Waals surface area contributed by atoms with Crippen molar-refractivity contribution in [2.45, 2.75) is 25.7 Å². The van der Waals surface area contributed by atoms with E-state index >= 15 is 0 Å². The van der Waals surface area contributed by atoms with Crippen LogP contribution in [0.3, 0.4) is 0 Å². The molecule has 0 aliphatic rings. The third-order valence-electron chi connectivity index (χ3n) is 7.15. The second-order valence-electron chi connectivity index (χ2n) is 11.7. The molecule has 0 atom stereocenters. The fourth-order valence-corrected chi connectivity index (χ4v) is 4.61. The fourth-order valence-electron chi connectivity index (χ4n) is 4.36. The summed E-state index contributed by atoms with van der Waals surface area (Å²) >= 11 is 11.7. The minimum absolute atomic E-state index is 0.00148. The molecule has 0 fully saturated rings. The van der Waals surface area contributed by atoms with E-state index in [1.807, 2.05) is 0 Å². The van der Waals surface area contributed by atoms with Crippen LogP contribution in [-0.2, 0) is 0 Å². The lowest BCUT2D eigenvalue weighted by atomic mass is 10.1. The zero-order chi connectivity index (χ0) is 43.0. The Kier molecular flexibility index (Phi) is 20.3. The summed E-state index contributed by atoms with van der Waals surface area (Å²) in [6.07, 6.45) is 3.70. The predicted molar refractivity (Wildman–Crippen MR) is 223 cm³/mol. The maximum absolute atomic E-state index is 10.4. The van der Waals surface area contributed by atoms with Crippen molar-refractivity contribution in [1.29, 1.82) is 21.6 Å². The molecule has 0 unspecified atom stereocenters. The Morgan fingerprint density at radius 2 is 0.741 bits per heavy atom. The van der Waals surface area contributed by atoms with E-state index in [1.54, 1.807) is 48.5 Å². The first kappa shape index (κ1) is 47.0. The molecule has 0 aliphatic carbocycles. The van der Waals surface area contributed by atoms with Crippen molar-refractivity contribution in [2.75, 3.05) is 23.7 Å². The monoisotopic (exact) mass is 836 g/mol. The van der Waals surface area contributed by atoms with Gasteiger partial charge in [-0.15, -0.1) is 0 Å². The molecule has 0 spiro atoms. The molecule has 306 valence electrons. The van der Waals surface area contributed by atoms with Crippen LogP contribution in [0.25, 0.3) is 0 Å². The molecule has 0 saturated carbocycles. The summed E-state index contributed by atoms with van der Waals surface area (Å²) in [4.78, 5) is 41.5. The van der Waals surface area contributed by atoms with Crippen molar-refractivity contribution < 1.29 is 39.6 Å². The molecule has 0 aromatic heterocycles. The fraction of sp³-hybridized carbons (Fsp3) is 0.158. The lowest BCUT2D eigenvalue weighted by Gasteiger charge is -2.13. The molecule has 0 saturated heterocycles. The molecule has 4 aromatic rings. The number of carboxylic acids is 4. The van der Waals surface area contributed by atoms with Gasteiger partial charge in [-0.3, -0.25) is 32.3 Å². The highest BCUT2D eigenvalue weighted by Gasteiger charge is 2.08. The Morgan fingerprint density at radius 1 is 0.448 bits per heavy atom. The van der Waals surface area contributed by atoms with Gasteiger partial charge in [-0.2, -0.15) is 0 Å². The zero-order valence-corrected chi connectivity index (χ0v) is 32.2. The highest BCUT2D eigenvalue weighted by atomic mass is 35.5. The van der Waals surface area contributed by atoms with Crippen molar-refractivity contribution in [1.82, 2.24) is 21.3 Å². The third kappa shape index (κ3) is 19.4. The van der Waals surface area contributed by atoms with Crippen molar-refractivity contribution in [3.8, 4) is 0 Å². The number of nitrogens with one attached hydrogen (secondary N) is 10. The quantitative estimate of drug-likeness (QED) is 0.0397. The lowest BCUT2D eigenvalue weighted by Crippen LogP contribution is -2.43. The summed E-state index contributed by atoms with van der Waals surface area (Å²) in [5.74, 6) is -4.39. The Balaban J connectivity index is 0.000000389. The van der Waals surface area contributed by atoms with Crippen LogP contribution in [0.5, 0.6) is 0 Å². The number of hydrogen-bond donors (Lipinski definition) is 14. The lowest BCUT2D eigenvalue weighted by molar-refractivity contribution is 0.0676. The van der Waals surface area contributed by atoms with E-state index in [4.69, 9.17) is 65.3 Å². The van der Waals surface area contributed by atoms with Crippen LogP contribution in [0.1, 0.15) is 67.1 Å². The van der Waals surface area contributed by atoms with Crippen LogP contribution in [-0.4, -0.2) is 81.2 Å². The van der Waals surface area contributed by atoms with Gasteiger partial charge in [0.25, 0.3) is 0 Å². The Bertz CT molecular complexity index is 1860. The summed E-state index contributed by atoms with van der Waals surface area (Å²) in [5, 5.41) is 83.5. The van der Waals surface area contributed by atoms with Crippen LogP contribution in [0, 0.1) is 21.6 Å². The first-order valence-corrected chi connectivity index (χ1v) is 17.8. The van der Waals surface area contributed by atoms with E-state index in [0.717, 1.165) is 37.8 Å². The smallest absolute Gasteiger partial charge is 0.335 e. The van der Waals surface area contributed by atoms with Gasteiger partial charge < -0.3 is 41.7 Å². The second kappa shape index (κ2) is 25.1. The van der Waals surface area contributed by atoms with Gasteiger partial charge in [0.2, 0.25) is 0 Å². The molecule has 0 bridgehead atoms. The molecular formula is C38H42Cl2N10O8. The Labute approximate surface area is 342 Å². The molecule has 4 aromatic carbocycles. The SMILES string of the molecule is N=C(NCCCCCCNC(=N)NC(=N)Nc1ccc(Cl)cc1)NC(=N)Nc1ccc(Cl)cc1.O=C(O)c1cccc(C(=O)O)c1.O=C(O)c1cccc(C(=O)O)c1. The maximum Gasteiger partial charge on any atom is 0.335 e. The minimum Gasteiger partial charge on any atom is -0.478 e. The summed E-state index contributed by atoms with van der Waals surface area (Å²) in [5.41, 5.74) is 1.34. The van der Waals surface area contributed by atoms with Crippen LogP contribution >= 0.6 is 23.2 Å². The van der Waals surface area contributed by atoms with E-state index in [1.165, 1.54) is 36.4 Å². The number of halogens is 2. The molecule has 0 radical (unpaired) electrons. The molecule has 0 heterocycles. The van der Waals surface area contributed by atoms with Gasteiger partial charge in [0.15, 0.2) is 23.8 Å². The highest BCUT2D eigenvalue weighted by molar-refractivity contribution is 6.31. The topological polar surface area (TPSA) is 317 Å². The van der Waals surface area contributed by atoms with Gasteiger partial charge in [0.1, 0.15) is 0 Å². The Hall–Kier alpha value is -7.18. The molecule has 4 rings (SSSR count). The van der Waals surface area contributed by atoms with Gasteiger partial charge in [-0.25, -0.2) is 19.2 Å². The molecule has 58 heavy (non-hydrogen) atoms. The van der Waals surface area contributed by atoms with Gasteiger partial charge in [0.05, 0.1) is 22.3 Å². The average Bonchev–Trinajstić information content (AvgIpc) is 3.18. The second-order valence-corrected chi connectivity index (χ2v) is 12.5. The van der Waals surface area contributed by atoms with Crippen molar-refractivity contribution in [3.05, 3.63) is 129 Å². The van der Waals surface area contributed by atoms with Gasteiger partial charge >= 0.3 is 23.9 Å². The number of rotatable bonds is 13.